The third-order valence-corrected chi connectivity index (χ3v) is 4.35. The average Bonchev–Trinajstić information content (AvgIpc) is 2.55. The molecule has 128 valence electrons. The van der Waals surface area contributed by atoms with E-state index in [4.69, 9.17) is 11.6 Å². The fourth-order valence-electron chi connectivity index (χ4n) is 2.72. The first-order chi connectivity index (χ1) is 11.4. The van der Waals surface area contributed by atoms with Crippen LogP contribution in [0.1, 0.15) is 30.9 Å². The summed E-state index contributed by atoms with van der Waals surface area (Å²) in [5.41, 5.74) is 3.23. The van der Waals surface area contributed by atoms with Crippen LogP contribution in [0.25, 0.3) is 0 Å². The predicted octanol–water partition coefficient (Wildman–Crippen LogP) is 4.46. The van der Waals surface area contributed by atoms with Gasteiger partial charge in [0.1, 0.15) is 0 Å². The van der Waals surface area contributed by atoms with Crippen molar-refractivity contribution in [2.75, 3.05) is 19.0 Å². The summed E-state index contributed by atoms with van der Waals surface area (Å²) in [6.07, 6.45) is 0. The van der Waals surface area contributed by atoms with E-state index in [-0.39, 0.29) is 17.7 Å². The van der Waals surface area contributed by atoms with Gasteiger partial charge in [0.25, 0.3) is 0 Å². The summed E-state index contributed by atoms with van der Waals surface area (Å²) in [6.45, 7) is 4.65. The normalized spacial score (nSPS) is 12.1. The zero-order valence-electron chi connectivity index (χ0n) is 14.7. The number of hydrogen-bond acceptors (Lipinski definition) is 2. The van der Waals surface area contributed by atoms with Crippen LogP contribution >= 0.6 is 11.6 Å². The first kappa shape index (κ1) is 18.3. The molecule has 4 heteroatoms. The van der Waals surface area contributed by atoms with Gasteiger partial charge in [-0.15, -0.1) is 0 Å². The van der Waals surface area contributed by atoms with Crippen molar-refractivity contribution in [3.8, 4) is 0 Å². The van der Waals surface area contributed by atoms with Crippen molar-refractivity contribution in [3.63, 3.8) is 0 Å². The lowest BCUT2D eigenvalue weighted by atomic mass is 9.87. The van der Waals surface area contributed by atoms with Crippen molar-refractivity contribution < 1.29 is 4.79 Å². The van der Waals surface area contributed by atoms with Crippen molar-refractivity contribution in [1.82, 2.24) is 5.32 Å². The molecule has 0 heterocycles. The SMILES string of the molecule is CC(C)[C@H](C(=O)NCc1ccc(N(C)C)cc1)c1ccc(Cl)cc1. The number of benzene rings is 2. The lowest BCUT2D eigenvalue weighted by molar-refractivity contribution is -0.123. The van der Waals surface area contributed by atoms with Crippen molar-refractivity contribution in [2.24, 2.45) is 5.92 Å². The van der Waals surface area contributed by atoms with Gasteiger partial charge in [-0.05, 0) is 41.3 Å². The highest BCUT2D eigenvalue weighted by atomic mass is 35.5. The van der Waals surface area contributed by atoms with E-state index in [9.17, 15) is 4.79 Å². The zero-order chi connectivity index (χ0) is 17.7. The summed E-state index contributed by atoms with van der Waals surface area (Å²) in [7, 11) is 4.02. The Kier molecular flexibility index (Phi) is 6.27. The standard InChI is InChI=1S/C20H25ClN2O/c1-14(2)19(16-7-9-17(21)10-8-16)20(24)22-13-15-5-11-18(12-6-15)23(3)4/h5-12,14,19H,13H2,1-4H3,(H,22,24)/t19-/m0/s1. The van der Waals surface area contributed by atoms with Crippen LogP contribution in [0.15, 0.2) is 48.5 Å². The quantitative estimate of drug-likeness (QED) is 0.839. The van der Waals surface area contributed by atoms with Gasteiger partial charge in [0.05, 0.1) is 5.92 Å². The molecule has 0 radical (unpaired) electrons. The van der Waals surface area contributed by atoms with E-state index in [1.807, 2.05) is 50.5 Å². The zero-order valence-corrected chi connectivity index (χ0v) is 15.5. The Bertz CT molecular complexity index is 663. The Hall–Kier alpha value is -2.00. The number of carbonyl (C=O) groups is 1. The van der Waals surface area contributed by atoms with Crippen LogP contribution in [-0.2, 0) is 11.3 Å². The molecule has 1 atom stereocenters. The minimum atomic E-state index is -0.177. The van der Waals surface area contributed by atoms with Gasteiger partial charge in [0.2, 0.25) is 5.91 Å². The summed E-state index contributed by atoms with van der Waals surface area (Å²) in [4.78, 5) is 14.7. The van der Waals surface area contributed by atoms with Crippen LogP contribution in [0.4, 0.5) is 5.69 Å². The second-order valence-corrected chi connectivity index (χ2v) is 6.99. The molecule has 0 fully saturated rings. The van der Waals surface area contributed by atoms with E-state index in [1.165, 1.54) is 0 Å². The molecule has 0 spiro atoms. The third kappa shape index (κ3) is 4.75. The van der Waals surface area contributed by atoms with Crippen LogP contribution in [0, 0.1) is 5.92 Å². The van der Waals surface area contributed by atoms with E-state index in [0.717, 1.165) is 16.8 Å². The maximum atomic E-state index is 12.7. The van der Waals surface area contributed by atoms with Crippen LogP contribution in [0.2, 0.25) is 5.02 Å². The molecule has 0 saturated carbocycles. The number of rotatable bonds is 6. The van der Waals surface area contributed by atoms with Crippen molar-refractivity contribution in [3.05, 3.63) is 64.7 Å². The molecule has 24 heavy (non-hydrogen) atoms. The van der Waals surface area contributed by atoms with E-state index in [2.05, 4.69) is 36.2 Å². The summed E-state index contributed by atoms with van der Waals surface area (Å²) >= 11 is 5.95. The Labute approximate surface area is 149 Å². The van der Waals surface area contributed by atoms with Gasteiger partial charge in [-0.25, -0.2) is 0 Å². The number of anilines is 1. The van der Waals surface area contributed by atoms with Crippen LogP contribution in [0.3, 0.4) is 0 Å². The summed E-state index contributed by atoms with van der Waals surface area (Å²) < 4.78 is 0. The summed E-state index contributed by atoms with van der Waals surface area (Å²) in [6, 6.07) is 15.7. The number of halogens is 1. The maximum Gasteiger partial charge on any atom is 0.228 e. The van der Waals surface area contributed by atoms with Crippen molar-refractivity contribution in [2.45, 2.75) is 26.3 Å². The molecule has 0 aliphatic heterocycles. The number of carbonyl (C=O) groups excluding carboxylic acids is 1. The van der Waals surface area contributed by atoms with Gasteiger partial charge in [-0.1, -0.05) is 49.7 Å². The number of nitrogens with zero attached hydrogens (tertiary/aromatic N) is 1. The topological polar surface area (TPSA) is 32.3 Å². The lowest BCUT2D eigenvalue weighted by Crippen LogP contribution is -2.31. The van der Waals surface area contributed by atoms with E-state index in [0.29, 0.717) is 11.6 Å². The van der Waals surface area contributed by atoms with E-state index >= 15 is 0 Å². The molecule has 0 unspecified atom stereocenters. The molecule has 0 aromatic heterocycles. The monoisotopic (exact) mass is 344 g/mol. The fourth-order valence-corrected chi connectivity index (χ4v) is 2.85. The molecule has 2 rings (SSSR count). The van der Waals surface area contributed by atoms with Gasteiger partial charge >= 0.3 is 0 Å². The number of hydrogen-bond donors (Lipinski definition) is 1. The minimum absolute atomic E-state index is 0.0454. The van der Waals surface area contributed by atoms with Crippen LogP contribution in [-0.4, -0.2) is 20.0 Å². The van der Waals surface area contributed by atoms with Gasteiger partial charge in [-0.2, -0.15) is 0 Å². The predicted molar refractivity (Wildman–Crippen MR) is 102 cm³/mol. The van der Waals surface area contributed by atoms with Crippen molar-refractivity contribution in [1.29, 1.82) is 0 Å². The smallest absolute Gasteiger partial charge is 0.228 e. The highest BCUT2D eigenvalue weighted by Crippen LogP contribution is 2.26. The molecule has 0 aliphatic rings. The molecular formula is C20H25ClN2O. The van der Waals surface area contributed by atoms with E-state index < -0.39 is 0 Å². The minimum Gasteiger partial charge on any atom is -0.378 e. The largest absolute Gasteiger partial charge is 0.378 e. The second-order valence-electron chi connectivity index (χ2n) is 6.55. The lowest BCUT2D eigenvalue weighted by Gasteiger charge is -2.21. The Morgan fingerprint density at radius 2 is 1.62 bits per heavy atom. The molecule has 3 nitrogen and oxygen atoms in total. The van der Waals surface area contributed by atoms with Gasteiger partial charge < -0.3 is 10.2 Å². The highest BCUT2D eigenvalue weighted by Gasteiger charge is 2.23. The summed E-state index contributed by atoms with van der Waals surface area (Å²) in [5, 5.41) is 3.74. The Morgan fingerprint density at radius 1 is 1.04 bits per heavy atom. The first-order valence-corrected chi connectivity index (χ1v) is 8.55. The maximum absolute atomic E-state index is 12.7. The molecule has 1 amide bonds. The number of nitrogens with one attached hydrogen (secondary N) is 1. The molecule has 0 aliphatic carbocycles. The molecule has 0 bridgehead atoms. The first-order valence-electron chi connectivity index (χ1n) is 8.18. The van der Waals surface area contributed by atoms with Crippen LogP contribution in [0.5, 0.6) is 0 Å². The molecule has 2 aromatic carbocycles. The van der Waals surface area contributed by atoms with Gasteiger partial charge in [0.15, 0.2) is 0 Å². The second kappa shape index (κ2) is 8.20. The van der Waals surface area contributed by atoms with Gasteiger partial charge in [-0.3, -0.25) is 4.79 Å². The Morgan fingerprint density at radius 3 is 2.12 bits per heavy atom. The van der Waals surface area contributed by atoms with Gasteiger partial charge in [0, 0.05) is 31.4 Å². The van der Waals surface area contributed by atoms with E-state index in [1.54, 1.807) is 0 Å². The molecular weight excluding hydrogens is 320 g/mol. The third-order valence-electron chi connectivity index (χ3n) is 4.10. The van der Waals surface area contributed by atoms with Crippen LogP contribution < -0.4 is 10.2 Å². The van der Waals surface area contributed by atoms with Crippen molar-refractivity contribution >= 4 is 23.2 Å². The fraction of sp³-hybridized carbons (Fsp3) is 0.350. The molecule has 2 aromatic rings. The molecule has 1 N–H and O–H groups in total. The number of amides is 1. The molecule has 0 saturated heterocycles. The summed E-state index contributed by atoms with van der Waals surface area (Å²) in [5.74, 6) is 0.0783. The average molecular weight is 345 g/mol. The Balaban J connectivity index is 2.04. The highest BCUT2D eigenvalue weighted by molar-refractivity contribution is 6.30.